The van der Waals surface area contributed by atoms with E-state index in [0.29, 0.717) is 13.0 Å². The van der Waals surface area contributed by atoms with Crippen molar-refractivity contribution in [2.75, 3.05) is 6.61 Å². The predicted octanol–water partition coefficient (Wildman–Crippen LogP) is 3.75. The van der Waals surface area contributed by atoms with E-state index < -0.39 is 8.07 Å². The third-order valence-corrected chi connectivity index (χ3v) is 3.58. The van der Waals surface area contributed by atoms with Crippen LogP contribution in [-0.2, 0) is 9.53 Å². The van der Waals surface area contributed by atoms with Gasteiger partial charge in [0.15, 0.2) is 0 Å². The van der Waals surface area contributed by atoms with E-state index in [1.54, 1.807) is 0 Å². The summed E-state index contributed by atoms with van der Waals surface area (Å²) >= 11 is 3.56. The normalized spacial score (nSPS) is 12.5. The van der Waals surface area contributed by atoms with Crippen molar-refractivity contribution in [3.05, 3.63) is 0 Å². The largest absolute Gasteiger partial charge is 0.466 e. The van der Waals surface area contributed by atoms with Crippen LogP contribution in [0.15, 0.2) is 0 Å². The average molecular weight is 319 g/mol. The molecule has 0 aromatic heterocycles. The van der Waals surface area contributed by atoms with Gasteiger partial charge in [0.2, 0.25) is 0 Å². The van der Waals surface area contributed by atoms with Crippen molar-refractivity contribution in [2.24, 2.45) is 0 Å². The summed E-state index contributed by atoms with van der Waals surface area (Å²) in [5.74, 6) is 3.16. The van der Waals surface area contributed by atoms with Gasteiger partial charge in [-0.15, -0.1) is 5.54 Å². The van der Waals surface area contributed by atoms with E-state index in [-0.39, 0.29) is 10.8 Å². The maximum absolute atomic E-state index is 11.1. The van der Waals surface area contributed by atoms with Gasteiger partial charge >= 0.3 is 5.97 Å². The van der Waals surface area contributed by atoms with E-state index in [2.05, 4.69) is 47.0 Å². The van der Waals surface area contributed by atoms with Crippen molar-refractivity contribution in [1.82, 2.24) is 0 Å². The number of unbranched alkanes of at least 4 members (excludes halogenated alkanes) is 1. The number of hydrogen-bond donors (Lipinski definition) is 0. The van der Waals surface area contributed by atoms with Crippen molar-refractivity contribution in [3.63, 3.8) is 0 Å². The van der Waals surface area contributed by atoms with E-state index in [9.17, 15) is 4.79 Å². The fourth-order valence-electron chi connectivity index (χ4n) is 1.19. The van der Waals surface area contributed by atoms with Crippen molar-refractivity contribution >= 4 is 30.0 Å². The first-order chi connectivity index (χ1) is 7.85. The predicted molar refractivity (Wildman–Crippen MR) is 78.9 cm³/mol. The summed E-state index contributed by atoms with van der Waals surface area (Å²) in [4.78, 5) is 11.3. The Balaban J connectivity index is 3.68. The van der Waals surface area contributed by atoms with Crippen LogP contribution < -0.4 is 0 Å². The first-order valence-electron chi connectivity index (χ1n) is 6.17. The quantitative estimate of drug-likeness (QED) is 0.245. The molecule has 2 nitrogen and oxygen atoms in total. The molecule has 1 atom stereocenters. The first-order valence-corrected chi connectivity index (χ1v) is 10.6. The van der Waals surface area contributed by atoms with E-state index in [0.717, 1.165) is 19.3 Å². The monoisotopic (exact) mass is 318 g/mol. The molecular formula is C13H23BrO2Si. The average Bonchev–Trinajstić information content (AvgIpc) is 2.21. The molecule has 98 valence electrons. The molecule has 0 radical (unpaired) electrons. The second kappa shape index (κ2) is 8.76. The van der Waals surface area contributed by atoms with E-state index in [4.69, 9.17) is 4.74 Å². The van der Waals surface area contributed by atoms with Gasteiger partial charge in [0, 0.05) is 6.42 Å². The van der Waals surface area contributed by atoms with Crippen molar-refractivity contribution in [3.8, 4) is 11.5 Å². The zero-order chi connectivity index (χ0) is 13.3. The lowest BCUT2D eigenvalue weighted by Crippen LogP contribution is -2.17. The number of alkyl halides is 1. The maximum Gasteiger partial charge on any atom is 0.305 e. The molecule has 0 aliphatic rings. The van der Waals surface area contributed by atoms with Gasteiger partial charge in [0.05, 0.1) is 11.4 Å². The Morgan fingerprint density at radius 2 is 2.00 bits per heavy atom. The maximum atomic E-state index is 11.1. The van der Waals surface area contributed by atoms with Crippen molar-refractivity contribution in [1.29, 1.82) is 0 Å². The standard InChI is InChI=1S/C13H23BrO2Si/c1-5-16-13(15)9-7-6-8-12(14)10-11-17(2,3)4/h12H,5-9H2,1-4H3. The van der Waals surface area contributed by atoms with Crippen LogP contribution in [0.5, 0.6) is 0 Å². The second-order valence-corrected chi connectivity index (χ2v) is 10.9. The summed E-state index contributed by atoms with van der Waals surface area (Å²) in [6.45, 7) is 9.02. The molecule has 0 bridgehead atoms. The molecular weight excluding hydrogens is 296 g/mol. The number of carbonyl (C=O) groups is 1. The number of hydrogen-bond acceptors (Lipinski definition) is 2. The highest BCUT2D eigenvalue weighted by atomic mass is 79.9. The van der Waals surface area contributed by atoms with Crippen molar-refractivity contribution < 1.29 is 9.53 Å². The highest BCUT2D eigenvalue weighted by molar-refractivity contribution is 9.09. The molecule has 1 unspecified atom stereocenters. The minimum Gasteiger partial charge on any atom is -0.466 e. The lowest BCUT2D eigenvalue weighted by atomic mass is 10.1. The molecule has 0 aromatic rings. The van der Waals surface area contributed by atoms with Gasteiger partial charge < -0.3 is 4.74 Å². The molecule has 0 spiro atoms. The third kappa shape index (κ3) is 12.0. The number of ether oxygens (including phenoxy) is 1. The molecule has 0 N–H and O–H groups in total. The number of rotatable bonds is 6. The van der Waals surface area contributed by atoms with E-state index in [1.807, 2.05) is 6.92 Å². The van der Waals surface area contributed by atoms with Crippen LogP contribution in [0.4, 0.5) is 0 Å². The van der Waals surface area contributed by atoms with Gasteiger partial charge in [0.25, 0.3) is 0 Å². The van der Waals surface area contributed by atoms with Crippen molar-refractivity contribution in [2.45, 2.75) is 57.1 Å². The summed E-state index contributed by atoms with van der Waals surface area (Å²) < 4.78 is 4.87. The van der Waals surface area contributed by atoms with Crippen LogP contribution in [0.2, 0.25) is 19.6 Å². The minimum absolute atomic E-state index is 0.0909. The zero-order valence-corrected chi connectivity index (χ0v) is 13.9. The van der Waals surface area contributed by atoms with Crippen LogP contribution in [0.1, 0.15) is 32.6 Å². The van der Waals surface area contributed by atoms with E-state index in [1.165, 1.54) is 0 Å². The lowest BCUT2D eigenvalue weighted by Gasteiger charge is -2.06. The summed E-state index contributed by atoms with van der Waals surface area (Å²) in [5, 5.41) is 0. The highest BCUT2D eigenvalue weighted by Gasteiger charge is 2.09. The number of esters is 1. The summed E-state index contributed by atoms with van der Waals surface area (Å²) in [6.07, 6.45) is 3.41. The molecule has 17 heavy (non-hydrogen) atoms. The summed E-state index contributed by atoms with van der Waals surface area (Å²) in [6, 6.07) is 0. The smallest absolute Gasteiger partial charge is 0.305 e. The zero-order valence-electron chi connectivity index (χ0n) is 11.3. The molecule has 0 saturated carbocycles. The Labute approximate surface area is 115 Å². The van der Waals surface area contributed by atoms with Gasteiger partial charge in [-0.2, -0.15) is 0 Å². The third-order valence-electron chi connectivity index (χ3n) is 2.00. The fraction of sp³-hybridized carbons (Fsp3) is 0.769. The van der Waals surface area contributed by atoms with Gasteiger partial charge in [-0.1, -0.05) is 47.9 Å². The molecule has 0 rings (SSSR count). The van der Waals surface area contributed by atoms with Gasteiger partial charge in [0.1, 0.15) is 8.07 Å². The second-order valence-electron chi connectivity index (χ2n) is 5.04. The summed E-state index contributed by atoms with van der Waals surface area (Å²) in [7, 11) is -1.26. The fourth-order valence-corrected chi connectivity index (χ4v) is 2.45. The Kier molecular flexibility index (Phi) is 8.62. The molecule has 0 heterocycles. The van der Waals surface area contributed by atoms with Gasteiger partial charge in [-0.3, -0.25) is 4.79 Å². The molecule has 0 fully saturated rings. The Morgan fingerprint density at radius 1 is 1.35 bits per heavy atom. The molecule has 0 amide bonds. The number of halogens is 1. The molecule has 0 aliphatic carbocycles. The summed E-state index contributed by atoms with van der Waals surface area (Å²) in [5.41, 5.74) is 3.34. The lowest BCUT2D eigenvalue weighted by molar-refractivity contribution is -0.143. The van der Waals surface area contributed by atoms with Gasteiger partial charge in [-0.05, 0) is 19.8 Å². The Hall–Kier alpha value is -0.273. The first kappa shape index (κ1) is 16.7. The highest BCUT2D eigenvalue weighted by Crippen LogP contribution is 2.11. The van der Waals surface area contributed by atoms with Crippen LogP contribution in [-0.4, -0.2) is 25.5 Å². The van der Waals surface area contributed by atoms with Gasteiger partial charge in [-0.25, -0.2) is 0 Å². The SMILES string of the molecule is CCOC(=O)CCCCC(Br)C#C[Si](C)(C)C. The Morgan fingerprint density at radius 3 is 2.53 bits per heavy atom. The topological polar surface area (TPSA) is 26.3 Å². The molecule has 0 aromatic carbocycles. The number of carbonyl (C=O) groups excluding carboxylic acids is 1. The minimum atomic E-state index is -1.26. The van der Waals surface area contributed by atoms with Crippen LogP contribution in [0, 0.1) is 11.5 Å². The molecule has 0 aliphatic heterocycles. The van der Waals surface area contributed by atoms with Crippen LogP contribution >= 0.6 is 15.9 Å². The molecule has 0 saturated heterocycles. The van der Waals surface area contributed by atoms with E-state index >= 15 is 0 Å². The Bertz CT molecular complexity index is 286. The van der Waals surface area contributed by atoms with Crippen LogP contribution in [0.3, 0.4) is 0 Å². The molecule has 4 heteroatoms. The van der Waals surface area contributed by atoms with Crippen LogP contribution in [0.25, 0.3) is 0 Å².